The third kappa shape index (κ3) is 4.64. The first-order chi connectivity index (χ1) is 9.63. The van der Waals surface area contributed by atoms with Gasteiger partial charge in [-0.2, -0.15) is 0 Å². The number of hydrogen-bond acceptors (Lipinski definition) is 4. The molecule has 0 atom stereocenters. The quantitative estimate of drug-likeness (QED) is 0.672. The SMILES string of the molecule is CCN(CC)C(=O)N1CCN(C(=O)COCCN)CC1. The molecule has 20 heavy (non-hydrogen) atoms. The van der Waals surface area contributed by atoms with Gasteiger partial charge < -0.3 is 25.2 Å². The molecule has 0 unspecified atom stereocenters. The Bertz CT molecular complexity index is 313. The van der Waals surface area contributed by atoms with Crippen molar-refractivity contribution in [3.8, 4) is 0 Å². The molecule has 0 aromatic heterocycles. The fourth-order valence-electron chi connectivity index (χ4n) is 2.18. The standard InChI is InChI=1S/C13H26N4O3/c1-3-15(4-2)13(19)17-8-6-16(7-9-17)12(18)11-20-10-5-14/h3-11,14H2,1-2H3. The van der Waals surface area contributed by atoms with Crippen LogP contribution < -0.4 is 5.73 Å². The second-order valence-electron chi connectivity index (χ2n) is 4.66. The predicted octanol–water partition coefficient (Wildman–Crippen LogP) is -0.432. The van der Waals surface area contributed by atoms with Gasteiger partial charge in [0.2, 0.25) is 5.91 Å². The molecule has 1 aliphatic heterocycles. The summed E-state index contributed by atoms with van der Waals surface area (Å²) in [6.07, 6.45) is 0. The van der Waals surface area contributed by atoms with Gasteiger partial charge in [0.15, 0.2) is 0 Å². The molecule has 1 aliphatic rings. The Morgan fingerprint density at radius 2 is 1.65 bits per heavy atom. The average Bonchev–Trinajstić information content (AvgIpc) is 2.48. The van der Waals surface area contributed by atoms with Gasteiger partial charge in [-0.05, 0) is 13.8 Å². The van der Waals surface area contributed by atoms with Crippen LogP contribution >= 0.6 is 0 Å². The average molecular weight is 286 g/mol. The number of carbonyl (C=O) groups is 2. The van der Waals surface area contributed by atoms with Crippen LogP contribution in [-0.4, -0.2) is 85.7 Å². The first-order valence-corrected chi connectivity index (χ1v) is 7.23. The van der Waals surface area contributed by atoms with Crippen LogP contribution in [0.3, 0.4) is 0 Å². The Hall–Kier alpha value is -1.34. The van der Waals surface area contributed by atoms with E-state index in [2.05, 4.69) is 0 Å². The molecule has 1 saturated heterocycles. The van der Waals surface area contributed by atoms with Gasteiger partial charge in [0.25, 0.3) is 0 Å². The second-order valence-corrected chi connectivity index (χ2v) is 4.66. The smallest absolute Gasteiger partial charge is 0.320 e. The molecule has 0 saturated carbocycles. The van der Waals surface area contributed by atoms with Crippen LogP contribution in [-0.2, 0) is 9.53 Å². The van der Waals surface area contributed by atoms with Crippen molar-refractivity contribution in [3.63, 3.8) is 0 Å². The minimum atomic E-state index is -0.0339. The monoisotopic (exact) mass is 286 g/mol. The van der Waals surface area contributed by atoms with Crippen LogP contribution in [0.4, 0.5) is 4.79 Å². The lowest BCUT2D eigenvalue weighted by molar-refractivity contribution is -0.137. The molecule has 7 nitrogen and oxygen atoms in total. The van der Waals surface area contributed by atoms with Crippen molar-refractivity contribution in [1.29, 1.82) is 0 Å². The summed E-state index contributed by atoms with van der Waals surface area (Å²) in [5.74, 6) is -0.0339. The van der Waals surface area contributed by atoms with Crippen LogP contribution in [0.15, 0.2) is 0 Å². The van der Waals surface area contributed by atoms with Crippen molar-refractivity contribution in [2.45, 2.75) is 13.8 Å². The van der Waals surface area contributed by atoms with Crippen LogP contribution in [0.5, 0.6) is 0 Å². The van der Waals surface area contributed by atoms with Crippen LogP contribution in [0.1, 0.15) is 13.8 Å². The summed E-state index contributed by atoms with van der Waals surface area (Å²) in [7, 11) is 0. The Balaban J connectivity index is 2.35. The lowest BCUT2D eigenvalue weighted by Gasteiger charge is -2.37. The van der Waals surface area contributed by atoms with E-state index in [4.69, 9.17) is 10.5 Å². The highest BCUT2D eigenvalue weighted by Crippen LogP contribution is 2.06. The van der Waals surface area contributed by atoms with E-state index in [9.17, 15) is 9.59 Å². The number of piperazine rings is 1. The third-order valence-electron chi connectivity index (χ3n) is 3.42. The van der Waals surface area contributed by atoms with Gasteiger partial charge >= 0.3 is 6.03 Å². The van der Waals surface area contributed by atoms with Crippen LogP contribution in [0, 0.1) is 0 Å². The molecule has 0 radical (unpaired) electrons. The molecule has 116 valence electrons. The Labute approximate surface area is 120 Å². The summed E-state index contributed by atoms with van der Waals surface area (Å²) in [6, 6.07) is 0.0569. The fraction of sp³-hybridized carbons (Fsp3) is 0.846. The largest absolute Gasteiger partial charge is 0.370 e. The highest BCUT2D eigenvalue weighted by molar-refractivity contribution is 5.78. The lowest BCUT2D eigenvalue weighted by atomic mass is 10.3. The Kier molecular flexibility index (Phi) is 7.32. The van der Waals surface area contributed by atoms with E-state index < -0.39 is 0 Å². The van der Waals surface area contributed by atoms with Gasteiger partial charge in [-0.15, -0.1) is 0 Å². The summed E-state index contributed by atoms with van der Waals surface area (Å²) in [6.45, 7) is 8.53. The molecule has 1 fully saturated rings. The zero-order valence-electron chi connectivity index (χ0n) is 12.5. The number of carbonyl (C=O) groups excluding carboxylic acids is 2. The van der Waals surface area contributed by atoms with Crippen molar-refractivity contribution < 1.29 is 14.3 Å². The van der Waals surface area contributed by atoms with Gasteiger partial charge in [0, 0.05) is 45.8 Å². The van der Waals surface area contributed by atoms with Gasteiger partial charge in [0.05, 0.1) is 6.61 Å². The molecule has 0 aromatic carbocycles. The number of ether oxygens (including phenoxy) is 1. The molecule has 1 heterocycles. The molecular formula is C13H26N4O3. The molecule has 3 amide bonds. The van der Waals surface area contributed by atoms with E-state index >= 15 is 0 Å². The van der Waals surface area contributed by atoms with Gasteiger partial charge in [-0.1, -0.05) is 0 Å². The van der Waals surface area contributed by atoms with Crippen LogP contribution in [0.2, 0.25) is 0 Å². The molecule has 2 N–H and O–H groups in total. The predicted molar refractivity (Wildman–Crippen MR) is 76.3 cm³/mol. The number of hydrogen-bond donors (Lipinski definition) is 1. The number of urea groups is 1. The zero-order chi connectivity index (χ0) is 15.0. The van der Waals surface area contributed by atoms with E-state index in [-0.39, 0.29) is 18.5 Å². The maximum atomic E-state index is 12.2. The van der Waals surface area contributed by atoms with Gasteiger partial charge in [-0.25, -0.2) is 4.79 Å². The molecule has 0 aromatic rings. The van der Waals surface area contributed by atoms with E-state index in [0.717, 1.165) is 0 Å². The highest BCUT2D eigenvalue weighted by Gasteiger charge is 2.25. The highest BCUT2D eigenvalue weighted by atomic mass is 16.5. The van der Waals surface area contributed by atoms with E-state index in [1.807, 2.05) is 13.8 Å². The van der Waals surface area contributed by atoms with E-state index in [1.165, 1.54) is 0 Å². The lowest BCUT2D eigenvalue weighted by Crippen LogP contribution is -2.54. The summed E-state index contributed by atoms with van der Waals surface area (Å²) in [4.78, 5) is 29.3. The first kappa shape index (κ1) is 16.7. The van der Waals surface area contributed by atoms with Gasteiger partial charge in [-0.3, -0.25) is 4.79 Å². The fourth-order valence-corrected chi connectivity index (χ4v) is 2.18. The van der Waals surface area contributed by atoms with Crippen molar-refractivity contribution in [2.24, 2.45) is 5.73 Å². The maximum absolute atomic E-state index is 12.2. The van der Waals surface area contributed by atoms with E-state index in [1.54, 1.807) is 14.7 Å². The molecule has 0 spiro atoms. The Morgan fingerprint density at radius 1 is 1.10 bits per heavy atom. The summed E-state index contributed by atoms with van der Waals surface area (Å²) in [5.41, 5.74) is 5.30. The third-order valence-corrected chi connectivity index (χ3v) is 3.42. The molecule has 1 rings (SSSR count). The topological polar surface area (TPSA) is 79.1 Å². The number of nitrogens with two attached hydrogens (primary N) is 1. The minimum absolute atomic E-state index is 0.0339. The van der Waals surface area contributed by atoms with Crippen molar-refractivity contribution in [1.82, 2.24) is 14.7 Å². The number of rotatable bonds is 6. The Morgan fingerprint density at radius 3 is 2.15 bits per heavy atom. The molecule has 0 bridgehead atoms. The minimum Gasteiger partial charge on any atom is -0.370 e. The number of amides is 3. The normalized spacial score (nSPS) is 15.3. The van der Waals surface area contributed by atoms with Crippen molar-refractivity contribution in [2.75, 3.05) is 59.0 Å². The molecule has 0 aliphatic carbocycles. The molecule has 7 heteroatoms. The second kappa shape index (κ2) is 8.76. The summed E-state index contributed by atoms with van der Waals surface area (Å²) >= 11 is 0. The molecular weight excluding hydrogens is 260 g/mol. The summed E-state index contributed by atoms with van der Waals surface area (Å²) in [5, 5.41) is 0. The van der Waals surface area contributed by atoms with Crippen molar-refractivity contribution >= 4 is 11.9 Å². The van der Waals surface area contributed by atoms with Crippen molar-refractivity contribution in [3.05, 3.63) is 0 Å². The number of nitrogens with zero attached hydrogens (tertiary/aromatic N) is 3. The zero-order valence-corrected chi connectivity index (χ0v) is 12.5. The first-order valence-electron chi connectivity index (χ1n) is 7.23. The van der Waals surface area contributed by atoms with E-state index in [0.29, 0.717) is 52.4 Å². The maximum Gasteiger partial charge on any atom is 0.320 e. The van der Waals surface area contributed by atoms with Gasteiger partial charge in [0.1, 0.15) is 6.61 Å². The van der Waals surface area contributed by atoms with Crippen LogP contribution in [0.25, 0.3) is 0 Å². The summed E-state index contributed by atoms with van der Waals surface area (Å²) < 4.78 is 5.14.